The summed E-state index contributed by atoms with van der Waals surface area (Å²) in [6, 6.07) is 7.20. The van der Waals surface area contributed by atoms with Crippen molar-refractivity contribution in [3.05, 3.63) is 53.4 Å². The van der Waals surface area contributed by atoms with Crippen molar-refractivity contribution in [3.8, 4) is 16.5 Å². The van der Waals surface area contributed by atoms with Gasteiger partial charge in [-0.2, -0.15) is 0 Å². The van der Waals surface area contributed by atoms with E-state index in [9.17, 15) is 19.8 Å². The molecule has 3 aliphatic rings. The summed E-state index contributed by atoms with van der Waals surface area (Å²) in [6.07, 6.45) is 3.11. The van der Waals surface area contributed by atoms with Gasteiger partial charge in [0.2, 0.25) is 12.2 Å². The van der Waals surface area contributed by atoms with Crippen LogP contribution in [0.25, 0.3) is 10.8 Å². The van der Waals surface area contributed by atoms with Crippen LogP contribution in [0.4, 0.5) is 5.00 Å². The molecular weight excluding hydrogens is 562 g/mol. The lowest BCUT2D eigenvalue weighted by Crippen LogP contribution is -2.64. The van der Waals surface area contributed by atoms with E-state index in [0.29, 0.717) is 45.9 Å². The van der Waals surface area contributed by atoms with Crippen molar-refractivity contribution >= 4 is 28.2 Å². The van der Waals surface area contributed by atoms with E-state index in [1.807, 2.05) is 31.2 Å². The number of carboxylic acids is 1. The minimum absolute atomic E-state index is 0.0522. The Morgan fingerprint density at radius 1 is 1.26 bits per heavy atom. The number of anilines is 1. The first-order valence-electron chi connectivity index (χ1n) is 14.1. The molecule has 1 aromatic carbocycles. The van der Waals surface area contributed by atoms with Gasteiger partial charge in [-0.1, -0.05) is 18.2 Å². The van der Waals surface area contributed by atoms with Crippen molar-refractivity contribution in [1.29, 1.82) is 0 Å². The molecular formula is C30H35N3O8S. The number of amides is 1. The number of carboxylic acid groups (broad SMARTS) is 1. The number of aromatic nitrogens is 1. The molecule has 6 rings (SSSR count). The summed E-state index contributed by atoms with van der Waals surface area (Å²) in [4.78, 5) is 34.1. The average Bonchev–Trinajstić information content (AvgIpc) is 3.62. The third-order valence-electron chi connectivity index (χ3n) is 8.65. The smallest absolute Gasteiger partial charge is 0.309 e. The highest BCUT2D eigenvalue weighted by Gasteiger charge is 2.54. The molecule has 2 aliphatic heterocycles. The molecule has 0 spiro atoms. The number of carbonyl (C=O) groups excluding carboxylic acids is 1. The largest absolute Gasteiger partial charge is 0.496 e. The monoisotopic (exact) mass is 597 g/mol. The van der Waals surface area contributed by atoms with E-state index >= 15 is 0 Å². The second kappa shape index (κ2) is 11.3. The summed E-state index contributed by atoms with van der Waals surface area (Å²) in [5.41, 5.74) is 1.03. The Kier molecular flexibility index (Phi) is 7.73. The molecule has 1 amide bonds. The van der Waals surface area contributed by atoms with Crippen molar-refractivity contribution in [2.75, 3.05) is 31.8 Å². The highest BCUT2D eigenvalue weighted by molar-refractivity contribution is 7.20. The number of hydrogen-bond donors (Lipinski definition) is 2. The lowest BCUT2D eigenvalue weighted by Gasteiger charge is -2.52. The van der Waals surface area contributed by atoms with E-state index in [4.69, 9.17) is 18.6 Å². The first-order chi connectivity index (χ1) is 20.2. The van der Waals surface area contributed by atoms with Crippen molar-refractivity contribution < 1.29 is 38.4 Å². The molecule has 42 heavy (non-hydrogen) atoms. The van der Waals surface area contributed by atoms with Crippen molar-refractivity contribution in [1.82, 2.24) is 9.88 Å². The zero-order valence-electron chi connectivity index (χ0n) is 23.8. The van der Waals surface area contributed by atoms with Crippen LogP contribution in [0.2, 0.25) is 0 Å². The molecule has 2 N–H and O–H groups in total. The molecule has 1 unspecified atom stereocenters. The maximum absolute atomic E-state index is 14.0. The summed E-state index contributed by atoms with van der Waals surface area (Å²) in [6.45, 7) is 4.94. The molecule has 1 aliphatic carbocycles. The Bertz CT molecular complexity index is 1440. The molecule has 1 saturated carbocycles. The number of carbonyl (C=O) groups is 2. The number of nitrogens with zero attached hydrogens (tertiary/aromatic N) is 3. The molecule has 2 aromatic heterocycles. The average molecular weight is 598 g/mol. The number of methoxy groups -OCH3 is 1. The van der Waals surface area contributed by atoms with Gasteiger partial charge in [-0.25, -0.2) is 4.98 Å². The SMILES string of the molecule is COc1ccccc1[C@H](CN1c2sc(-c3ncco3)c(C)c2C(=O)N([C@H]2C[C@](C)(C(=O)O)C2)C1O)OC1CCOCC1. The van der Waals surface area contributed by atoms with E-state index in [0.717, 1.165) is 18.4 Å². The normalized spacial score (nSPS) is 25.2. The summed E-state index contributed by atoms with van der Waals surface area (Å²) in [7, 11) is 1.61. The van der Waals surface area contributed by atoms with Gasteiger partial charge in [-0.05, 0) is 51.2 Å². The fourth-order valence-electron chi connectivity index (χ4n) is 6.23. The third-order valence-corrected chi connectivity index (χ3v) is 9.96. The zero-order chi connectivity index (χ0) is 29.6. The molecule has 1 saturated heterocycles. The van der Waals surface area contributed by atoms with Crippen LogP contribution in [0.1, 0.15) is 60.2 Å². The lowest BCUT2D eigenvalue weighted by atomic mass is 9.66. The van der Waals surface area contributed by atoms with Gasteiger partial charge in [0.15, 0.2) is 0 Å². The van der Waals surface area contributed by atoms with Gasteiger partial charge in [-0.15, -0.1) is 11.3 Å². The highest BCUT2D eigenvalue weighted by Crippen LogP contribution is 2.50. The number of thiophene rings is 1. The second-order valence-corrected chi connectivity index (χ2v) is 12.4. The number of aliphatic carboxylic acids is 1. The van der Waals surface area contributed by atoms with Crippen molar-refractivity contribution in [2.45, 2.75) is 64.1 Å². The summed E-state index contributed by atoms with van der Waals surface area (Å²) < 4.78 is 23.5. The standard InChI is InChI=1S/C30H35N3O8S/c1-17-23-26(34)33(18-14-30(2,15-18)28(35)36)29(37)32(27(23)42-24(17)25-31-10-13-40-25)16-22(41-19-8-11-39-12-9-19)20-6-4-5-7-21(20)38-3/h4-7,10,13,18-19,22,29,37H,8-9,11-12,14-16H2,1-3H3,(H,35,36)/t18-,22-,29?,30-/m0/s1. The number of hydrogen-bond acceptors (Lipinski definition) is 10. The van der Waals surface area contributed by atoms with Crippen LogP contribution >= 0.6 is 11.3 Å². The summed E-state index contributed by atoms with van der Waals surface area (Å²) in [5.74, 6) is -0.193. The van der Waals surface area contributed by atoms with E-state index < -0.39 is 29.9 Å². The molecule has 3 aromatic rings. The van der Waals surface area contributed by atoms with Crippen LogP contribution in [0, 0.1) is 12.3 Å². The second-order valence-electron chi connectivity index (χ2n) is 11.4. The predicted molar refractivity (Wildman–Crippen MR) is 154 cm³/mol. The number of para-hydroxylation sites is 1. The van der Waals surface area contributed by atoms with E-state index in [1.54, 1.807) is 25.1 Å². The van der Waals surface area contributed by atoms with Crippen molar-refractivity contribution in [3.63, 3.8) is 0 Å². The number of ether oxygens (including phenoxy) is 3. The first-order valence-corrected chi connectivity index (χ1v) is 14.9. The third kappa shape index (κ3) is 4.96. The molecule has 0 bridgehead atoms. The van der Waals surface area contributed by atoms with Crippen LogP contribution in [0.15, 0.2) is 41.1 Å². The molecule has 2 fully saturated rings. The molecule has 12 heteroatoms. The van der Waals surface area contributed by atoms with Crippen LogP contribution < -0.4 is 9.64 Å². The first kappa shape index (κ1) is 28.7. The summed E-state index contributed by atoms with van der Waals surface area (Å²) in [5, 5.41) is 22.2. The highest BCUT2D eigenvalue weighted by atomic mass is 32.1. The number of fused-ring (bicyclic) bond motifs is 1. The van der Waals surface area contributed by atoms with Gasteiger partial charge in [-0.3, -0.25) is 14.5 Å². The topological polar surface area (TPSA) is 135 Å². The van der Waals surface area contributed by atoms with Gasteiger partial charge in [0.1, 0.15) is 23.1 Å². The summed E-state index contributed by atoms with van der Waals surface area (Å²) >= 11 is 1.33. The number of oxazole rings is 1. The van der Waals surface area contributed by atoms with E-state index in [1.165, 1.54) is 22.5 Å². The molecule has 11 nitrogen and oxygen atoms in total. The fourth-order valence-corrected chi connectivity index (χ4v) is 7.50. The predicted octanol–water partition coefficient (Wildman–Crippen LogP) is 4.45. The minimum atomic E-state index is -1.33. The fraction of sp³-hybridized carbons (Fsp3) is 0.500. The number of aliphatic hydroxyl groups excluding tert-OH is 1. The molecule has 224 valence electrons. The minimum Gasteiger partial charge on any atom is -0.496 e. The number of aliphatic hydroxyl groups is 1. The quantitative estimate of drug-likeness (QED) is 0.364. The Balaban J connectivity index is 1.41. The van der Waals surface area contributed by atoms with Gasteiger partial charge in [0.05, 0.1) is 41.8 Å². The maximum atomic E-state index is 14.0. The van der Waals surface area contributed by atoms with E-state index in [-0.39, 0.29) is 31.4 Å². The van der Waals surface area contributed by atoms with Gasteiger partial charge < -0.3 is 33.7 Å². The number of rotatable bonds is 9. The van der Waals surface area contributed by atoms with Crippen molar-refractivity contribution in [2.24, 2.45) is 5.41 Å². The molecule has 0 radical (unpaired) electrons. The maximum Gasteiger partial charge on any atom is 0.309 e. The Hall–Kier alpha value is -3.45. The Morgan fingerprint density at radius 2 is 2.00 bits per heavy atom. The zero-order valence-corrected chi connectivity index (χ0v) is 24.6. The number of benzene rings is 1. The van der Waals surface area contributed by atoms with Crippen LogP contribution in [0.5, 0.6) is 5.75 Å². The van der Waals surface area contributed by atoms with Gasteiger partial charge >= 0.3 is 5.97 Å². The Morgan fingerprint density at radius 3 is 2.67 bits per heavy atom. The van der Waals surface area contributed by atoms with E-state index in [2.05, 4.69) is 4.98 Å². The van der Waals surface area contributed by atoms with Crippen LogP contribution in [-0.4, -0.2) is 77.3 Å². The van der Waals surface area contributed by atoms with Gasteiger partial charge in [0, 0.05) is 24.8 Å². The molecule has 2 atom stereocenters. The molecule has 4 heterocycles. The van der Waals surface area contributed by atoms with Crippen LogP contribution in [0.3, 0.4) is 0 Å². The van der Waals surface area contributed by atoms with Crippen LogP contribution in [-0.2, 0) is 14.3 Å². The lowest BCUT2D eigenvalue weighted by molar-refractivity contribution is -0.160. The van der Waals surface area contributed by atoms with Gasteiger partial charge in [0.25, 0.3) is 5.91 Å². The Labute approximate surface area is 247 Å².